The molecule has 1 fully saturated rings. The van der Waals surface area contributed by atoms with Gasteiger partial charge >= 0.3 is 0 Å². The Morgan fingerprint density at radius 3 is 3.00 bits per heavy atom. The summed E-state index contributed by atoms with van der Waals surface area (Å²) in [6.45, 7) is 2.31. The Labute approximate surface area is 82.2 Å². The van der Waals surface area contributed by atoms with Crippen LogP contribution in [-0.4, -0.2) is 28.6 Å². The van der Waals surface area contributed by atoms with Crippen LogP contribution in [0.1, 0.15) is 12.0 Å². The largest absolute Gasteiger partial charge is 0.391 e. The number of aliphatic hydroxyl groups excluding tert-OH is 1. The van der Waals surface area contributed by atoms with E-state index in [-0.39, 0.29) is 12.3 Å². The predicted octanol–water partition coefficient (Wildman–Crippen LogP) is 0.488. The summed E-state index contributed by atoms with van der Waals surface area (Å²) in [6, 6.07) is 1.85. The summed E-state index contributed by atoms with van der Waals surface area (Å²) in [4.78, 5) is 17.0. The minimum absolute atomic E-state index is 0.0337. The molecule has 0 aliphatic carbocycles. The third kappa shape index (κ3) is 1.48. The molecule has 1 aromatic rings. The first-order valence-electron chi connectivity index (χ1n) is 4.57. The molecule has 1 unspecified atom stereocenters. The minimum Gasteiger partial charge on any atom is -0.391 e. The second-order valence-corrected chi connectivity index (χ2v) is 3.52. The molecule has 1 aliphatic heterocycles. The van der Waals surface area contributed by atoms with Crippen molar-refractivity contribution in [2.45, 2.75) is 19.4 Å². The summed E-state index contributed by atoms with van der Waals surface area (Å²) < 4.78 is 0. The average molecular weight is 192 g/mol. The number of aryl methyl sites for hydroxylation is 1. The highest BCUT2D eigenvalue weighted by atomic mass is 16.3. The number of carbonyl (C=O) groups excluding carboxylic acids is 1. The van der Waals surface area contributed by atoms with Gasteiger partial charge in [0.05, 0.1) is 31.0 Å². The van der Waals surface area contributed by atoms with E-state index < -0.39 is 6.10 Å². The maximum Gasteiger partial charge on any atom is 0.229 e. The molecule has 14 heavy (non-hydrogen) atoms. The van der Waals surface area contributed by atoms with E-state index >= 15 is 0 Å². The van der Waals surface area contributed by atoms with Crippen molar-refractivity contribution in [3.63, 3.8) is 0 Å². The van der Waals surface area contributed by atoms with E-state index in [0.717, 1.165) is 11.3 Å². The van der Waals surface area contributed by atoms with Crippen LogP contribution in [0.5, 0.6) is 0 Å². The van der Waals surface area contributed by atoms with Crippen LogP contribution in [0.2, 0.25) is 0 Å². The second-order valence-electron chi connectivity index (χ2n) is 3.52. The third-order valence-corrected chi connectivity index (χ3v) is 2.41. The van der Waals surface area contributed by atoms with Crippen molar-refractivity contribution >= 4 is 11.6 Å². The van der Waals surface area contributed by atoms with E-state index in [2.05, 4.69) is 4.98 Å². The summed E-state index contributed by atoms with van der Waals surface area (Å²) in [7, 11) is 0. The van der Waals surface area contributed by atoms with Crippen molar-refractivity contribution in [3.8, 4) is 0 Å². The summed E-state index contributed by atoms with van der Waals surface area (Å²) in [6.07, 6.45) is 3.03. The Balaban J connectivity index is 2.32. The zero-order chi connectivity index (χ0) is 10.1. The minimum atomic E-state index is -0.540. The third-order valence-electron chi connectivity index (χ3n) is 2.41. The van der Waals surface area contributed by atoms with Gasteiger partial charge in [0.15, 0.2) is 0 Å². The topological polar surface area (TPSA) is 53.4 Å². The Morgan fingerprint density at radius 2 is 2.43 bits per heavy atom. The number of aliphatic hydroxyl groups is 1. The van der Waals surface area contributed by atoms with Crippen molar-refractivity contribution in [2.75, 3.05) is 11.4 Å². The highest BCUT2D eigenvalue weighted by Crippen LogP contribution is 2.23. The monoisotopic (exact) mass is 192 g/mol. The van der Waals surface area contributed by atoms with Crippen LogP contribution in [0, 0.1) is 6.92 Å². The number of β-amino-alcohol motifs (C(OH)–C–C–N with tert-alkyl or cyclic N) is 1. The number of amides is 1. The molecule has 2 heterocycles. The molecule has 1 N–H and O–H groups in total. The van der Waals surface area contributed by atoms with Crippen molar-refractivity contribution in [1.82, 2.24) is 4.98 Å². The summed E-state index contributed by atoms with van der Waals surface area (Å²) in [5, 5.41) is 9.34. The summed E-state index contributed by atoms with van der Waals surface area (Å²) >= 11 is 0. The molecule has 1 amide bonds. The maximum absolute atomic E-state index is 11.5. The number of rotatable bonds is 1. The molecule has 2 rings (SSSR count). The van der Waals surface area contributed by atoms with Crippen LogP contribution in [0.4, 0.5) is 5.69 Å². The van der Waals surface area contributed by atoms with Gasteiger partial charge in [-0.1, -0.05) is 0 Å². The molecule has 4 nitrogen and oxygen atoms in total. The number of carbonyl (C=O) groups is 1. The van der Waals surface area contributed by atoms with E-state index in [0.29, 0.717) is 6.54 Å². The fourth-order valence-corrected chi connectivity index (χ4v) is 1.66. The van der Waals surface area contributed by atoms with Gasteiger partial charge in [-0.05, 0) is 18.6 Å². The molecule has 1 aromatic heterocycles. The molecule has 1 atom stereocenters. The van der Waals surface area contributed by atoms with E-state index in [4.69, 9.17) is 0 Å². The van der Waals surface area contributed by atoms with Crippen molar-refractivity contribution < 1.29 is 9.90 Å². The lowest BCUT2D eigenvalue weighted by Crippen LogP contribution is -2.26. The first kappa shape index (κ1) is 9.15. The van der Waals surface area contributed by atoms with Gasteiger partial charge < -0.3 is 10.0 Å². The Morgan fingerprint density at radius 1 is 1.64 bits per heavy atom. The van der Waals surface area contributed by atoms with Gasteiger partial charge in [-0.3, -0.25) is 9.78 Å². The van der Waals surface area contributed by atoms with Crippen molar-refractivity contribution in [2.24, 2.45) is 0 Å². The molecule has 0 aromatic carbocycles. The second kappa shape index (κ2) is 3.38. The van der Waals surface area contributed by atoms with Crippen molar-refractivity contribution in [3.05, 3.63) is 24.0 Å². The molecule has 74 valence electrons. The van der Waals surface area contributed by atoms with Gasteiger partial charge in [-0.15, -0.1) is 0 Å². The van der Waals surface area contributed by atoms with Crippen LogP contribution in [0.25, 0.3) is 0 Å². The molecule has 4 heteroatoms. The lowest BCUT2D eigenvalue weighted by Gasteiger charge is -2.17. The molecule has 0 spiro atoms. The zero-order valence-corrected chi connectivity index (χ0v) is 7.97. The molecular weight excluding hydrogens is 180 g/mol. The number of anilines is 1. The molecule has 0 bridgehead atoms. The first-order valence-corrected chi connectivity index (χ1v) is 4.57. The lowest BCUT2D eigenvalue weighted by molar-refractivity contribution is -0.117. The number of hydrogen-bond donors (Lipinski definition) is 1. The fourth-order valence-electron chi connectivity index (χ4n) is 1.66. The lowest BCUT2D eigenvalue weighted by atomic mass is 10.2. The van der Waals surface area contributed by atoms with Gasteiger partial charge in [0.1, 0.15) is 0 Å². The Bertz CT molecular complexity index is 365. The number of hydrogen-bond acceptors (Lipinski definition) is 3. The molecule has 1 saturated heterocycles. The zero-order valence-electron chi connectivity index (χ0n) is 7.97. The van der Waals surface area contributed by atoms with Crippen molar-refractivity contribution in [1.29, 1.82) is 0 Å². The van der Waals surface area contributed by atoms with Gasteiger partial charge in [-0.2, -0.15) is 0 Å². The predicted molar refractivity (Wildman–Crippen MR) is 52.0 cm³/mol. The van der Waals surface area contributed by atoms with Crippen LogP contribution < -0.4 is 4.90 Å². The smallest absolute Gasteiger partial charge is 0.229 e. The summed E-state index contributed by atoms with van der Waals surface area (Å²) in [5.41, 5.74) is 1.80. The van der Waals surface area contributed by atoms with Crippen LogP contribution in [-0.2, 0) is 4.79 Å². The van der Waals surface area contributed by atoms with E-state index in [1.807, 2.05) is 13.0 Å². The van der Waals surface area contributed by atoms with E-state index in [1.54, 1.807) is 17.3 Å². The van der Waals surface area contributed by atoms with Gasteiger partial charge in [-0.25, -0.2) is 0 Å². The highest BCUT2D eigenvalue weighted by Gasteiger charge is 2.29. The number of aromatic nitrogens is 1. The van der Waals surface area contributed by atoms with Crippen LogP contribution in [0.3, 0.4) is 0 Å². The maximum atomic E-state index is 11.5. The number of nitrogens with zero attached hydrogens (tertiary/aromatic N) is 2. The highest BCUT2D eigenvalue weighted by molar-refractivity contribution is 5.96. The van der Waals surface area contributed by atoms with Gasteiger partial charge in [0, 0.05) is 6.20 Å². The molecule has 0 radical (unpaired) electrons. The summed E-state index contributed by atoms with van der Waals surface area (Å²) in [5.74, 6) is -0.0337. The van der Waals surface area contributed by atoms with E-state index in [9.17, 15) is 9.90 Å². The average Bonchev–Trinajstić information content (AvgIpc) is 2.46. The molecule has 1 aliphatic rings. The van der Waals surface area contributed by atoms with Gasteiger partial charge in [0.2, 0.25) is 5.91 Å². The Hall–Kier alpha value is -1.42. The van der Waals surface area contributed by atoms with Crippen LogP contribution >= 0.6 is 0 Å². The molecular formula is C10H12N2O2. The normalized spacial score (nSPS) is 21.7. The standard InChI is InChI=1S/C10H12N2O2/c1-7-2-3-11-5-9(7)12-6-8(13)4-10(12)14/h2-3,5,8,13H,4,6H2,1H3. The van der Waals surface area contributed by atoms with E-state index in [1.165, 1.54) is 0 Å². The Kier molecular flexibility index (Phi) is 2.21. The molecule has 0 saturated carbocycles. The fraction of sp³-hybridized carbons (Fsp3) is 0.400. The SMILES string of the molecule is Cc1ccncc1N1CC(O)CC1=O. The van der Waals surface area contributed by atoms with Crippen LogP contribution in [0.15, 0.2) is 18.5 Å². The quantitative estimate of drug-likeness (QED) is 0.704. The first-order chi connectivity index (χ1) is 6.68. The van der Waals surface area contributed by atoms with Gasteiger partial charge in [0.25, 0.3) is 0 Å². The number of pyridine rings is 1.